The third kappa shape index (κ3) is 4.57. The lowest BCUT2D eigenvalue weighted by Crippen LogP contribution is -2.22. The molecular formula is C18H20N3O2-. The van der Waals surface area contributed by atoms with Crippen LogP contribution in [0.4, 0.5) is 11.4 Å². The number of hydrogen-bond acceptors (Lipinski definition) is 5. The molecule has 0 spiro atoms. The normalized spacial score (nSPS) is 10.7. The van der Waals surface area contributed by atoms with Crippen molar-refractivity contribution >= 4 is 23.6 Å². The summed E-state index contributed by atoms with van der Waals surface area (Å²) in [5.41, 5.74) is 5.68. The van der Waals surface area contributed by atoms with Crippen molar-refractivity contribution < 1.29 is 9.90 Å². The predicted octanol–water partition coefficient (Wildman–Crippen LogP) is 2.34. The SMILES string of the molecule is CCN(CC)c1ccc(/C=N\Nc2cccc(C(=O)[O-])c2)cc1. The molecule has 0 radical (unpaired) electrons. The number of nitrogens with one attached hydrogen (secondary N) is 1. The standard InChI is InChI=1S/C18H21N3O2/c1-3-21(4-2)17-10-8-14(9-11-17)13-19-20-16-7-5-6-15(12-16)18(22)23/h5-13,20H,3-4H2,1-2H3,(H,22,23)/p-1/b19-13-. The van der Waals surface area contributed by atoms with Crippen LogP contribution in [0.25, 0.3) is 0 Å². The molecule has 5 heteroatoms. The summed E-state index contributed by atoms with van der Waals surface area (Å²) < 4.78 is 0. The Morgan fingerprint density at radius 3 is 2.48 bits per heavy atom. The van der Waals surface area contributed by atoms with Crippen molar-refractivity contribution in [1.82, 2.24) is 0 Å². The van der Waals surface area contributed by atoms with Crippen LogP contribution in [0.2, 0.25) is 0 Å². The molecule has 0 aliphatic carbocycles. The van der Waals surface area contributed by atoms with E-state index in [0.29, 0.717) is 5.69 Å². The van der Waals surface area contributed by atoms with Crippen LogP contribution in [-0.4, -0.2) is 25.3 Å². The van der Waals surface area contributed by atoms with E-state index in [1.54, 1.807) is 18.3 Å². The number of aromatic carboxylic acids is 1. The van der Waals surface area contributed by atoms with E-state index in [-0.39, 0.29) is 5.56 Å². The quantitative estimate of drug-likeness (QED) is 0.629. The molecule has 2 aromatic rings. The van der Waals surface area contributed by atoms with E-state index in [1.807, 2.05) is 12.1 Å². The largest absolute Gasteiger partial charge is 0.545 e. The number of anilines is 2. The molecule has 1 N–H and O–H groups in total. The number of carboxylic acid groups (broad SMARTS) is 1. The van der Waals surface area contributed by atoms with Crippen LogP contribution in [0.5, 0.6) is 0 Å². The van der Waals surface area contributed by atoms with Crippen molar-refractivity contribution in [2.24, 2.45) is 5.10 Å². The van der Waals surface area contributed by atoms with Gasteiger partial charge in [-0.3, -0.25) is 5.43 Å². The van der Waals surface area contributed by atoms with Gasteiger partial charge in [-0.15, -0.1) is 0 Å². The summed E-state index contributed by atoms with van der Waals surface area (Å²) >= 11 is 0. The second-order valence-electron chi connectivity index (χ2n) is 5.00. The van der Waals surface area contributed by atoms with Gasteiger partial charge in [0.2, 0.25) is 0 Å². The lowest BCUT2D eigenvalue weighted by Gasteiger charge is -2.20. The molecule has 0 heterocycles. The van der Waals surface area contributed by atoms with Gasteiger partial charge in [0, 0.05) is 18.8 Å². The predicted molar refractivity (Wildman–Crippen MR) is 92.0 cm³/mol. The fourth-order valence-electron chi connectivity index (χ4n) is 2.26. The number of benzene rings is 2. The first-order valence-electron chi connectivity index (χ1n) is 7.59. The minimum Gasteiger partial charge on any atom is -0.545 e. The summed E-state index contributed by atoms with van der Waals surface area (Å²) in [5.74, 6) is -1.20. The maximum absolute atomic E-state index is 10.8. The first-order chi connectivity index (χ1) is 11.1. The lowest BCUT2D eigenvalue weighted by atomic mass is 10.2. The van der Waals surface area contributed by atoms with Crippen LogP contribution in [-0.2, 0) is 0 Å². The Bertz CT molecular complexity index is 677. The highest BCUT2D eigenvalue weighted by molar-refractivity contribution is 5.87. The van der Waals surface area contributed by atoms with E-state index >= 15 is 0 Å². The highest BCUT2D eigenvalue weighted by atomic mass is 16.4. The maximum atomic E-state index is 10.8. The Hall–Kier alpha value is -2.82. The van der Waals surface area contributed by atoms with Gasteiger partial charge in [0.1, 0.15) is 0 Å². The highest BCUT2D eigenvalue weighted by Gasteiger charge is 2.00. The zero-order valence-corrected chi connectivity index (χ0v) is 13.3. The van der Waals surface area contributed by atoms with Gasteiger partial charge in [0.05, 0.1) is 17.9 Å². The third-order valence-electron chi connectivity index (χ3n) is 3.53. The molecule has 23 heavy (non-hydrogen) atoms. The summed E-state index contributed by atoms with van der Waals surface area (Å²) in [6.07, 6.45) is 1.69. The maximum Gasteiger partial charge on any atom is 0.0716 e. The molecular weight excluding hydrogens is 290 g/mol. The van der Waals surface area contributed by atoms with E-state index < -0.39 is 5.97 Å². The molecule has 0 bridgehead atoms. The summed E-state index contributed by atoms with van der Waals surface area (Å²) in [4.78, 5) is 13.1. The average Bonchev–Trinajstić information content (AvgIpc) is 2.57. The molecule has 0 unspecified atom stereocenters. The molecule has 0 aliphatic heterocycles. The monoisotopic (exact) mass is 310 g/mol. The summed E-state index contributed by atoms with van der Waals surface area (Å²) in [6.45, 7) is 6.20. The number of hydrazone groups is 1. The fraction of sp³-hybridized carbons (Fsp3) is 0.222. The van der Waals surface area contributed by atoms with Gasteiger partial charge in [-0.2, -0.15) is 5.10 Å². The van der Waals surface area contributed by atoms with Crippen molar-refractivity contribution in [2.75, 3.05) is 23.4 Å². The van der Waals surface area contributed by atoms with Crippen LogP contribution in [0.3, 0.4) is 0 Å². The lowest BCUT2D eigenvalue weighted by molar-refractivity contribution is -0.255. The molecule has 0 atom stereocenters. The number of rotatable bonds is 7. The smallest absolute Gasteiger partial charge is 0.0716 e. The molecule has 0 fully saturated rings. The van der Waals surface area contributed by atoms with Crippen LogP contribution in [0.15, 0.2) is 53.6 Å². The van der Waals surface area contributed by atoms with Gasteiger partial charge in [0.15, 0.2) is 0 Å². The number of nitrogens with zero attached hydrogens (tertiary/aromatic N) is 2. The molecule has 2 rings (SSSR count). The number of carbonyl (C=O) groups excluding carboxylic acids is 1. The minimum absolute atomic E-state index is 0.119. The second kappa shape index (κ2) is 7.98. The van der Waals surface area contributed by atoms with E-state index in [1.165, 1.54) is 17.8 Å². The highest BCUT2D eigenvalue weighted by Crippen LogP contribution is 2.14. The molecule has 2 aromatic carbocycles. The van der Waals surface area contributed by atoms with Crippen molar-refractivity contribution in [1.29, 1.82) is 0 Å². The molecule has 0 amide bonds. The Labute approximate surface area is 136 Å². The van der Waals surface area contributed by atoms with Crippen molar-refractivity contribution in [3.8, 4) is 0 Å². The van der Waals surface area contributed by atoms with Gasteiger partial charge < -0.3 is 14.8 Å². The molecule has 0 saturated heterocycles. The van der Waals surface area contributed by atoms with Gasteiger partial charge in [-0.05, 0) is 49.2 Å². The Morgan fingerprint density at radius 1 is 1.17 bits per heavy atom. The number of carbonyl (C=O) groups is 1. The van der Waals surface area contributed by atoms with Gasteiger partial charge in [-0.25, -0.2) is 0 Å². The molecule has 0 saturated carbocycles. The fourth-order valence-corrected chi connectivity index (χ4v) is 2.26. The summed E-state index contributed by atoms with van der Waals surface area (Å²) in [5, 5.41) is 14.9. The van der Waals surface area contributed by atoms with Crippen molar-refractivity contribution in [3.63, 3.8) is 0 Å². The van der Waals surface area contributed by atoms with E-state index in [0.717, 1.165) is 18.7 Å². The van der Waals surface area contributed by atoms with E-state index in [2.05, 4.69) is 41.4 Å². The number of hydrogen-bond donors (Lipinski definition) is 1. The molecule has 0 aromatic heterocycles. The van der Waals surface area contributed by atoms with Crippen LogP contribution in [0.1, 0.15) is 29.8 Å². The zero-order valence-electron chi connectivity index (χ0n) is 13.3. The zero-order chi connectivity index (χ0) is 16.7. The third-order valence-corrected chi connectivity index (χ3v) is 3.53. The van der Waals surface area contributed by atoms with E-state index in [9.17, 15) is 9.90 Å². The second-order valence-corrected chi connectivity index (χ2v) is 5.00. The summed E-state index contributed by atoms with van der Waals surface area (Å²) in [6, 6.07) is 14.5. The Kier molecular flexibility index (Phi) is 5.74. The Morgan fingerprint density at radius 2 is 1.87 bits per heavy atom. The van der Waals surface area contributed by atoms with Gasteiger partial charge >= 0.3 is 0 Å². The van der Waals surface area contributed by atoms with Crippen LogP contribution in [0, 0.1) is 0 Å². The van der Waals surface area contributed by atoms with Crippen molar-refractivity contribution in [2.45, 2.75) is 13.8 Å². The molecule has 120 valence electrons. The van der Waals surface area contributed by atoms with E-state index in [4.69, 9.17) is 0 Å². The van der Waals surface area contributed by atoms with Crippen LogP contribution < -0.4 is 15.4 Å². The first kappa shape index (κ1) is 16.5. The minimum atomic E-state index is -1.20. The van der Waals surface area contributed by atoms with Crippen LogP contribution >= 0.6 is 0 Å². The number of carboxylic acids is 1. The topological polar surface area (TPSA) is 67.8 Å². The molecule has 5 nitrogen and oxygen atoms in total. The first-order valence-corrected chi connectivity index (χ1v) is 7.59. The van der Waals surface area contributed by atoms with Crippen molar-refractivity contribution in [3.05, 3.63) is 59.7 Å². The average molecular weight is 310 g/mol. The van der Waals surface area contributed by atoms with Gasteiger partial charge in [0.25, 0.3) is 0 Å². The van der Waals surface area contributed by atoms with Gasteiger partial charge in [-0.1, -0.05) is 24.3 Å². The summed E-state index contributed by atoms with van der Waals surface area (Å²) in [7, 11) is 0. The Balaban J connectivity index is 2.00. The molecule has 0 aliphatic rings.